The number of hydrazone groups is 1. The van der Waals surface area contributed by atoms with Crippen molar-refractivity contribution in [1.29, 1.82) is 5.26 Å². The smallest absolute Gasteiger partial charge is 0.247 e. The van der Waals surface area contributed by atoms with Crippen LogP contribution in [0, 0.1) is 18.3 Å². The first-order valence-electron chi connectivity index (χ1n) is 10.7. The number of carbonyl (C=O) groups is 1. The van der Waals surface area contributed by atoms with Crippen molar-refractivity contribution < 1.29 is 23.7 Å². The number of halogens is 1. The summed E-state index contributed by atoms with van der Waals surface area (Å²) in [7, 11) is 3.11. The number of aryl methyl sites for hydroxylation is 1. The molecule has 0 unspecified atom stereocenters. The maximum Gasteiger partial charge on any atom is 0.247 e. The van der Waals surface area contributed by atoms with E-state index in [1.807, 2.05) is 36.4 Å². The van der Waals surface area contributed by atoms with Crippen LogP contribution in [0.4, 0.5) is 0 Å². The van der Waals surface area contributed by atoms with Crippen LogP contribution in [-0.2, 0) is 20.9 Å². The highest BCUT2D eigenvalue weighted by molar-refractivity contribution is 9.10. The van der Waals surface area contributed by atoms with Crippen LogP contribution in [0.2, 0.25) is 0 Å². The number of rotatable bonds is 7. The molecule has 9 nitrogen and oxygen atoms in total. The Morgan fingerprint density at radius 2 is 2.00 bits per heavy atom. The summed E-state index contributed by atoms with van der Waals surface area (Å²) in [5.74, 6) is 0.558. The van der Waals surface area contributed by atoms with Gasteiger partial charge in [0.1, 0.15) is 17.4 Å². The molecule has 0 saturated carbocycles. The van der Waals surface area contributed by atoms with Gasteiger partial charge in [-0.05, 0) is 39.7 Å². The van der Waals surface area contributed by atoms with Crippen molar-refractivity contribution in [2.75, 3.05) is 20.8 Å². The largest absolute Gasteiger partial charge is 0.496 e. The molecule has 0 radical (unpaired) electrons. The van der Waals surface area contributed by atoms with E-state index in [-0.39, 0.29) is 36.5 Å². The average molecular weight is 539 g/mol. The summed E-state index contributed by atoms with van der Waals surface area (Å²) in [6.07, 6.45) is -0.841. The van der Waals surface area contributed by atoms with Crippen LogP contribution in [-0.4, -0.2) is 42.6 Å². The molecule has 0 aliphatic carbocycles. The lowest BCUT2D eigenvalue weighted by Crippen LogP contribution is -2.26. The maximum atomic E-state index is 12.5. The van der Waals surface area contributed by atoms with E-state index in [9.17, 15) is 10.1 Å². The number of hydrogen-bond acceptors (Lipinski definition) is 8. The number of nitrogens with zero attached hydrogens (tertiary/aromatic N) is 4. The Bertz CT molecular complexity index is 1370. The molecule has 0 N–H and O–H groups in total. The van der Waals surface area contributed by atoms with E-state index in [4.69, 9.17) is 18.9 Å². The molecule has 0 bridgehead atoms. The topological polar surface area (TPSA) is 106 Å². The summed E-state index contributed by atoms with van der Waals surface area (Å²) in [6.45, 7) is 3.27. The molecule has 35 heavy (non-hydrogen) atoms. The molecule has 1 aliphatic rings. The third-order valence-electron chi connectivity index (χ3n) is 5.51. The highest BCUT2D eigenvalue weighted by Crippen LogP contribution is 2.39. The van der Waals surface area contributed by atoms with Gasteiger partial charge in [0.05, 0.1) is 25.0 Å². The summed E-state index contributed by atoms with van der Waals surface area (Å²) < 4.78 is 23.5. The maximum absolute atomic E-state index is 12.5. The number of benzene rings is 2. The van der Waals surface area contributed by atoms with Crippen LogP contribution in [0.25, 0.3) is 10.8 Å². The van der Waals surface area contributed by atoms with Gasteiger partial charge in [0.2, 0.25) is 23.9 Å². The summed E-state index contributed by atoms with van der Waals surface area (Å²) >= 11 is 3.46. The van der Waals surface area contributed by atoms with Gasteiger partial charge in [-0.15, -0.1) is 5.10 Å². The second-order valence-corrected chi connectivity index (χ2v) is 8.53. The van der Waals surface area contributed by atoms with Gasteiger partial charge in [-0.25, -0.2) is 4.98 Å². The minimum Gasteiger partial charge on any atom is -0.496 e. The van der Waals surface area contributed by atoms with Crippen LogP contribution < -0.4 is 9.47 Å². The average Bonchev–Trinajstić information content (AvgIpc) is 3.29. The second kappa shape index (κ2) is 10.3. The number of methoxy groups -OCH3 is 2. The van der Waals surface area contributed by atoms with E-state index in [0.717, 1.165) is 10.8 Å². The summed E-state index contributed by atoms with van der Waals surface area (Å²) in [5.41, 5.74) is 2.20. The number of fused-ring (bicyclic) bond motifs is 1. The Hall–Kier alpha value is -3.68. The van der Waals surface area contributed by atoms with Crippen LogP contribution >= 0.6 is 15.9 Å². The molecule has 180 valence electrons. The molecule has 10 heteroatoms. The summed E-state index contributed by atoms with van der Waals surface area (Å²) in [4.78, 5) is 16.9. The minimum atomic E-state index is -0.841. The molecule has 1 amide bonds. The van der Waals surface area contributed by atoms with E-state index >= 15 is 0 Å². The number of pyridine rings is 1. The lowest BCUT2D eigenvalue weighted by atomic mass is 10.0. The zero-order valence-electron chi connectivity index (χ0n) is 19.7. The predicted octanol–water partition coefficient (Wildman–Crippen LogP) is 4.60. The lowest BCUT2D eigenvalue weighted by Gasteiger charge is -2.23. The Kier molecular flexibility index (Phi) is 7.19. The monoisotopic (exact) mass is 538 g/mol. The summed E-state index contributed by atoms with van der Waals surface area (Å²) in [6, 6.07) is 13.7. The Morgan fingerprint density at radius 3 is 2.69 bits per heavy atom. The molecule has 0 fully saturated rings. The fourth-order valence-corrected chi connectivity index (χ4v) is 4.31. The number of ether oxygens (including phenoxy) is 4. The zero-order valence-corrected chi connectivity index (χ0v) is 21.2. The van der Waals surface area contributed by atoms with E-state index in [1.165, 1.54) is 11.9 Å². The SMILES string of the molecule is COCc1c(Br)c(C)nc(OCC2=NN(C(C)=O)[C@H](c3c(OC)ccc4ccccc34)O2)c1C#N. The molecule has 1 aromatic heterocycles. The second-order valence-electron chi connectivity index (χ2n) is 7.73. The number of amides is 1. The van der Waals surface area contributed by atoms with Gasteiger partial charge in [0, 0.05) is 24.1 Å². The molecular weight excluding hydrogens is 516 g/mol. The van der Waals surface area contributed by atoms with Crippen LogP contribution in [0.15, 0.2) is 46.0 Å². The van der Waals surface area contributed by atoms with Crippen LogP contribution in [0.3, 0.4) is 0 Å². The van der Waals surface area contributed by atoms with E-state index in [0.29, 0.717) is 27.0 Å². The predicted molar refractivity (Wildman–Crippen MR) is 132 cm³/mol. The van der Waals surface area contributed by atoms with Gasteiger partial charge in [0.15, 0.2) is 6.61 Å². The minimum absolute atomic E-state index is 0.132. The molecule has 4 rings (SSSR count). The Morgan fingerprint density at radius 1 is 1.23 bits per heavy atom. The first kappa shape index (κ1) is 24.4. The van der Waals surface area contributed by atoms with E-state index < -0.39 is 6.23 Å². The normalized spacial score (nSPS) is 14.9. The molecule has 2 aromatic carbocycles. The third-order valence-corrected chi connectivity index (χ3v) is 6.56. The molecule has 1 atom stereocenters. The van der Waals surface area contributed by atoms with Crippen molar-refractivity contribution >= 4 is 38.5 Å². The van der Waals surface area contributed by atoms with Gasteiger partial charge >= 0.3 is 0 Å². The Labute approximate surface area is 211 Å². The van der Waals surface area contributed by atoms with Gasteiger partial charge < -0.3 is 18.9 Å². The van der Waals surface area contributed by atoms with E-state index in [2.05, 4.69) is 32.1 Å². The fourth-order valence-electron chi connectivity index (χ4n) is 3.91. The number of aromatic nitrogens is 1. The Balaban J connectivity index is 1.66. The summed E-state index contributed by atoms with van der Waals surface area (Å²) in [5, 5.41) is 17.2. The molecular formula is C25H23BrN4O5. The van der Waals surface area contributed by atoms with Gasteiger partial charge in [-0.2, -0.15) is 10.3 Å². The van der Waals surface area contributed by atoms with Crippen molar-refractivity contribution in [1.82, 2.24) is 9.99 Å². The number of nitriles is 1. The first-order chi connectivity index (χ1) is 16.9. The van der Waals surface area contributed by atoms with Gasteiger partial charge in [0.25, 0.3) is 0 Å². The van der Waals surface area contributed by atoms with Crippen LogP contribution in [0.1, 0.15) is 35.5 Å². The fraction of sp³-hybridized carbons (Fsp3) is 0.280. The van der Waals surface area contributed by atoms with Gasteiger partial charge in [-0.1, -0.05) is 30.3 Å². The van der Waals surface area contributed by atoms with Crippen molar-refractivity contribution in [2.24, 2.45) is 5.10 Å². The quantitative estimate of drug-likeness (QED) is 0.432. The van der Waals surface area contributed by atoms with Gasteiger partial charge in [-0.3, -0.25) is 4.79 Å². The highest BCUT2D eigenvalue weighted by Gasteiger charge is 2.36. The molecule has 1 aliphatic heterocycles. The molecule has 0 spiro atoms. The van der Waals surface area contributed by atoms with Crippen molar-refractivity contribution in [3.05, 3.63) is 63.3 Å². The first-order valence-corrected chi connectivity index (χ1v) is 11.5. The zero-order chi connectivity index (χ0) is 25.1. The molecule has 2 heterocycles. The molecule has 3 aromatic rings. The standard InChI is InChI=1S/C25H23BrN4O5/c1-14-23(26)19(12-32-3)18(11-27)24(28-14)34-13-21-29-30(15(2)31)25(35-21)22-17-8-6-5-7-16(17)9-10-20(22)33-4/h5-10,25H,12-13H2,1-4H3/t25-/m0/s1. The van der Waals surface area contributed by atoms with E-state index in [1.54, 1.807) is 21.1 Å². The number of carbonyl (C=O) groups excluding carboxylic acids is 1. The number of hydrogen-bond donors (Lipinski definition) is 0. The van der Waals surface area contributed by atoms with Crippen LogP contribution in [0.5, 0.6) is 11.6 Å². The van der Waals surface area contributed by atoms with Crippen molar-refractivity contribution in [3.63, 3.8) is 0 Å². The third kappa shape index (κ3) is 4.65. The molecule has 0 saturated heterocycles. The highest BCUT2D eigenvalue weighted by atomic mass is 79.9. The lowest BCUT2D eigenvalue weighted by molar-refractivity contribution is -0.135. The van der Waals surface area contributed by atoms with Crippen molar-refractivity contribution in [2.45, 2.75) is 26.7 Å². The van der Waals surface area contributed by atoms with Crippen molar-refractivity contribution in [3.8, 4) is 17.7 Å².